The molecule has 1 unspecified atom stereocenters. The Morgan fingerprint density at radius 1 is 0.521 bits per heavy atom. The summed E-state index contributed by atoms with van der Waals surface area (Å²) < 4.78 is 26.3. The van der Waals surface area contributed by atoms with Gasteiger partial charge < -0.3 is 19.3 Å². The van der Waals surface area contributed by atoms with Crippen LogP contribution in [0.5, 0.6) is 0 Å². The normalized spacial score (nSPS) is 12.7. The Morgan fingerprint density at radius 2 is 0.875 bits per heavy atom. The summed E-state index contributed by atoms with van der Waals surface area (Å²) in [4.78, 5) is 42.7. The standard InChI is InChI=1S/C39H73O8P/c1-3-5-7-9-11-13-15-17-19-20-22-24-26-28-30-32-34-39(41)47-37(36-46-48(42,43)44)35-45-38(40)33-31-29-27-25-23-21-18-16-14-12-10-8-6-4-2/h16,18-20,37H,3-15,17,21-36H2,1-2H3,(H2,42,43,44)/b18-16-,20-19-. The third kappa shape index (κ3) is 37.4. The maximum atomic E-state index is 12.4. The van der Waals surface area contributed by atoms with E-state index in [1.165, 1.54) is 89.9 Å². The summed E-state index contributed by atoms with van der Waals surface area (Å²) in [6.07, 6.45) is 38.9. The van der Waals surface area contributed by atoms with E-state index in [4.69, 9.17) is 19.3 Å². The maximum absolute atomic E-state index is 12.4. The molecule has 0 saturated carbocycles. The van der Waals surface area contributed by atoms with Crippen molar-refractivity contribution in [2.24, 2.45) is 0 Å². The molecule has 0 aromatic carbocycles. The summed E-state index contributed by atoms with van der Waals surface area (Å²) in [5.41, 5.74) is 0. The Balaban J connectivity index is 3.97. The molecule has 1 atom stereocenters. The molecule has 0 rings (SSSR count). The summed E-state index contributed by atoms with van der Waals surface area (Å²) in [7, 11) is -4.75. The minimum Gasteiger partial charge on any atom is -0.462 e. The van der Waals surface area contributed by atoms with Crippen LogP contribution >= 0.6 is 7.82 Å². The molecule has 0 aliphatic rings. The van der Waals surface area contributed by atoms with Gasteiger partial charge in [-0.05, 0) is 64.2 Å². The summed E-state index contributed by atoms with van der Waals surface area (Å²) in [6.45, 7) is 3.66. The quantitative estimate of drug-likeness (QED) is 0.0287. The molecule has 0 aliphatic carbocycles. The number of phosphoric acid groups is 1. The molecule has 48 heavy (non-hydrogen) atoms. The summed E-state index contributed by atoms with van der Waals surface area (Å²) in [5, 5.41) is 0. The molecule has 0 heterocycles. The molecule has 0 aliphatic heterocycles. The number of rotatable bonds is 36. The number of unbranched alkanes of at least 4 members (excludes halogenated alkanes) is 22. The predicted molar refractivity (Wildman–Crippen MR) is 198 cm³/mol. The lowest BCUT2D eigenvalue weighted by molar-refractivity contribution is -0.161. The lowest BCUT2D eigenvalue weighted by atomic mass is 10.1. The van der Waals surface area contributed by atoms with Crippen molar-refractivity contribution in [3.05, 3.63) is 24.3 Å². The van der Waals surface area contributed by atoms with Crippen LogP contribution < -0.4 is 0 Å². The zero-order valence-corrected chi connectivity index (χ0v) is 31.8. The molecule has 0 radical (unpaired) electrons. The Bertz CT molecular complexity index is 838. The number of hydrogen-bond acceptors (Lipinski definition) is 6. The van der Waals surface area contributed by atoms with E-state index in [0.29, 0.717) is 12.8 Å². The van der Waals surface area contributed by atoms with Gasteiger partial charge in [-0.3, -0.25) is 14.1 Å². The van der Waals surface area contributed by atoms with Gasteiger partial charge in [0.15, 0.2) is 6.10 Å². The van der Waals surface area contributed by atoms with Crippen LogP contribution in [-0.4, -0.2) is 41.0 Å². The van der Waals surface area contributed by atoms with Crippen LogP contribution in [0.1, 0.15) is 194 Å². The van der Waals surface area contributed by atoms with Crippen LogP contribution in [0.25, 0.3) is 0 Å². The van der Waals surface area contributed by atoms with Crippen molar-refractivity contribution in [1.29, 1.82) is 0 Å². The van der Waals surface area contributed by atoms with E-state index in [-0.39, 0.29) is 19.4 Å². The number of esters is 2. The van der Waals surface area contributed by atoms with Gasteiger partial charge in [-0.15, -0.1) is 0 Å². The summed E-state index contributed by atoms with van der Waals surface area (Å²) >= 11 is 0. The van der Waals surface area contributed by atoms with Crippen LogP contribution in [0.15, 0.2) is 24.3 Å². The lowest BCUT2D eigenvalue weighted by Crippen LogP contribution is -2.29. The molecule has 0 fully saturated rings. The SMILES string of the molecule is CCCCCCC/C=C\CCCCCCCC(=O)OCC(COP(=O)(O)O)OC(=O)CCCCCCC/C=C\CCCCCCCCC. The Labute approximate surface area is 294 Å². The van der Waals surface area contributed by atoms with Crippen LogP contribution in [0, 0.1) is 0 Å². The molecule has 0 aromatic heterocycles. The Kier molecular flexibility index (Phi) is 34.3. The van der Waals surface area contributed by atoms with E-state index >= 15 is 0 Å². The van der Waals surface area contributed by atoms with Crippen LogP contribution in [0.2, 0.25) is 0 Å². The third-order valence-electron chi connectivity index (χ3n) is 8.44. The van der Waals surface area contributed by atoms with E-state index in [1.54, 1.807) is 0 Å². The fourth-order valence-electron chi connectivity index (χ4n) is 5.48. The summed E-state index contributed by atoms with van der Waals surface area (Å²) in [5.74, 6) is -0.901. The third-order valence-corrected chi connectivity index (χ3v) is 8.93. The highest BCUT2D eigenvalue weighted by atomic mass is 31.2. The first-order valence-electron chi connectivity index (χ1n) is 19.6. The van der Waals surface area contributed by atoms with E-state index < -0.39 is 32.5 Å². The number of phosphoric ester groups is 1. The zero-order valence-electron chi connectivity index (χ0n) is 30.9. The highest BCUT2D eigenvalue weighted by molar-refractivity contribution is 7.46. The highest BCUT2D eigenvalue weighted by Gasteiger charge is 2.22. The minimum atomic E-state index is -4.75. The number of ether oxygens (including phenoxy) is 2. The van der Waals surface area contributed by atoms with Crippen LogP contribution in [-0.2, 0) is 28.2 Å². The molecule has 9 heteroatoms. The lowest BCUT2D eigenvalue weighted by Gasteiger charge is -2.18. The second-order valence-corrected chi connectivity index (χ2v) is 14.5. The molecule has 0 bridgehead atoms. The average Bonchev–Trinajstić information content (AvgIpc) is 3.05. The van der Waals surface area contributed by atoms with Gasteiger partial charge in [-0.1, -0.05) is 141 Å². The molecule has 0 aromatic rings. The summed E-state index contributed by atoms with van der Waals surface area (Å²) in [6, 6.07) is 0. The highest BCUT2D eigenvalue weighted by Crippen LogP contribution is 2.36. The van der Waals surface area contributed by atoms with Crippen molar-refractivity contribution in [3.8, 4) is 0 Å². The Hall–Kier alpha value is -1.47. The number of allylic oxidation sites excluding steroid dienone is 4. The van der Waals surface area contributed by atoms with Gasteiger partial charge in [0, 0.05) is 12.8 Å². The van der Waals surface area contributed by atoms with Gasteiger partial charge in [0.2, 0.25) is 0 Å². The largest absolute Gasteiger partial charge is 0.469 e. The molecule has 282 valence electrons. The van der Waals surface area contributed by atoms with Crippen LogP contribution in [0.4, 0.5) is 0 Å². The Morgan fingerprint density at radius 3 is 1.27 bits per heavy atom. The minimum absolute atomic E-state index is 0.202. The van der Waals surface area contributed by atoms with E-state index in [9.17, 15) is 14.2 Å². The van der Waals surface area contributed by atoms with Gasteiger partial charge >= 0.3 is 19.8 Å². The monoisotopic (exact) mass is 701 g/mol. The topological polar surface area (TPSA) is 119 Å². The van der Waals surface area contributed by atoms with Crippen molar-refractivity contribution in [2.75, 3.05) is 13.2 Å². The molecule has 8 nitrogen and oxygen atoms in total. The second-order valence-electron chi connectivity index (χ2n) is 13.2. The van der Waals surface area contributed by atoms with Gasteiger partial charge in [0.25, 0.3) is 0 Å². The predicted octanol–water partition coefficient (Wildman–Crippen LogP) is 11.6. The van der Waals surface area contributed by atoms with Crippen molar-refractivity contribution in [1.82, 2.24) is 0 Å². The smallest absolute Gasteiger partial charge is 0.462 e. The molecular formula is C39H73O8P. The molecule has 0 spiro atoms. The molecular weight excluding hydrogens is 627 g/mol. The number of carbonyl (C=O) groups is 2. The zero-order chi connectivity index (χ0) is 35.4. The molecule has 0 amide bonds. The fourth-order valence-corrected chi connectivity index (χ4v) is 5.84. The van der Waals surface area contributed by atoms with Crippen molar-refractivity contribution >= 4 is 19.8 Å². The first-order valence-corrected chi connectivity index (χ1v) is 21.2. The van der Waals surface area contributed by atoms with Crippen molar-refractivity contribution in [2.45, 2.75) is 200 Å². The van der Waals surface area contributed by atoms with Crippen molar-refractivity contribution in [3.63, 3.8) is 0 Å². The molecule has 0 saturated heterocycles. The maximum Gasteiger partial charge on any atom is 0.469 e. The molecule has 2 N–H and O–H groups in total. The van der Waals surface area contributed by atoms with E-state index in [1.807, 2.05) is 0 Å². The first-order chi connectivity index (χ1) is 23.3. The van der Waals surface area contributed by atoms with Gasteiger partial charge in [0.1, 0.15) is 6.61 Å². The number of carbonyl (C=O) groups excluding carboxylic acids is 2. The van der Waals surface area contributed by atoms with Gasteiger partial charge in [-0.25, -0.2) is 4.57 Å². The van der Waals surface area contributed by atoms with E-state index in [2.05, 4.69) is 42.7 Å². The first kappa shape index (κ1) is 46.5. The van der Waals surface area contributed by atoms with Gasteiger partial charge in [-0.2, -0.15) is 0 Å². The fraction of sp³-hybridized carbons (Fsp3) is 0.846. The van der Waals surface area contributed by atoms with Crippen molar-refractivity contribution < 1.29 is 37.9 Å². The van der Waals surface area contributed by atoms with Gasteiger partial charge in [0.05, 0.1) is 6.61 Å². The van der Waals surface area contributed by atoms with Crippen LogP contribution in [0.3, 0.4) is 0 Å². The number of hydrogen-bond donors (Lipinski definition) is 2. The van der Waals surface area contributed by atoms with E-state index in [0.717, 1.165) is 64.2 Å². The second kappa shape index (κ2) is 35.4. The average molecular weight is 701 g/mol.